The van der Waals surface area contributed by atoms with E-state index in [0.29, 0.717) is 0 Å². The average Bonchev–Trinajstić information content (AvgIpc) is 3.33. The van der Waals surface area contributed by atoms with Crippen molar-refractivity contribution in [1.29, 1.82) is 0 Å². The second-order valence-electron chi connectivity index (χ2n) is 8.75. The molecule has 0 N–H and O–H groups in total. The van der Waals surface area contributed by atoms with Gasteiger partial charge in [0.05, 0.1) is 38.4 Å². The molecule has 0 aliphatic heterocycles. The Kier molecular flexibility index (Phi) is 2.19. The van der Waals surface area contributed by atoms with Gasteiger partial charge in [-0.3, -0.25) is 0 Å². The molecule has 8 aromatic rings. The van der Waals surface area contributed by atoms with Crippen molar-refractivity contribution < 1.29 is 38.4 Å². The molecule has 0 saturated heterocycles. The predicted octanol–water partition coefficient (Wildman–Crippen LogP) is 11.8. The van der Waals surface area contributed by atoms with Crippen LogP contribution in [0.25, 0.3) is 76.8 Å². The number of hydrogen-bond acceptors (Lipinski definition) is 0. The molecule has 0 heteroatoms. The molecular weight excluding hydrogens is 504 g/mol. The van der Waals surface area contributed by atoms with Crippen LogP contribution in [0.5, 0.6) is 0 Å². The van der Waals surface area contributed by atoms with Gasteiger partial charge in [-0.2, -0.15) is 0 Å². The van der Waals surface area contributed by atoms with Crippen LogP contribution in [-0.4, -0.2) is 0 Å². The third-order valence-electron chi connectivity index (χ3n) is 6.44. The summed E-state index contributed by atoms with van der Waals surface area (Å²) >= 11 is 0. The van der Waals surface area contributed by atoms with Crippen molar-refractivity contribution in [2.75, 3.05) is 0 Å². The molecule has 0 nitrogen and oxygen atoms in total. The summed E-state index contributed by atoms with van der Waals surface area (Å²) in [5.74, 6) is 0. The van der Waals surface area contributed by atoms with E-state index in [9.17, 15) is 11.0 Å². The van der Waals surface area contributed by atoms with E-state index in [1.807, 2.05) is 0 Å². The molecule has 0 aliphatic carbocycles. The molecule has 0 amide bonds. The number of benzene rings is 8. The fraction of sp³-hybridized carbons (Fsp3) is 0. The van der Waals surface area contributed by atoms with E-state index >= 15 is 0 Å². The van der Waals surface area contributed by atoms with Crippen molar-refractivity contribution in [3.63, 3.8) is 0 Å². The lowest BCUT2D eigenvalue weighted by molar-refractivity contribution is 1.60. The van der Waals surface area contributed by atoms with Gasteiger partial charge in [-0.05, 0) is 88.9 Å². The summed E-state index contributed by atoms with van der Waals surface area (Å²) in [6.07, 6.45) is 0. The maximum Gasteiger partial charge on any atom is 0.0636 e. The highest BCUT2D eigenvalue weighted by Crippen LogP contribution is 2.47. The smallest absolute Gasteiger partial charge is 0.0622 e. The molecular formula is C42H28. The SMILES string of the molecule is [2H]c1c([2H])c([2H])c(-c2c([2H])c([2H])c([2H])c([2H])c2-c2c3c([2H])c([2H])c([2H])c([2H])c3c(-c3c([2H])c([2H])c([2H])c([2H])c3[2H])c3c([2H])c([2H])c(-c4c([2H])c([2H])c5c([2H])c([2H])c([2H])c([2H])c5c4[2H])c([2H])c23)c([2H])c1[2H]. The molecule has 0 saturated carbocycles. The predicted molar refractivity (Wildman–Crippen MR) is 181 cm³/mol. The molecule has 0 atom stereocenters. The monoisotopic (exact) mass is 560 g/mol. The highest BCUT2D eigenvalue weighted by Gasteiger charge is 2.19. The van der Waals surface area contributed by atoms with Crippen molar-refractivity contribution in [1.82, 2.24) is 0 Å². The zero-order valence-electron chi connectivity index (χ0n) is 49.0. The summed E-state index contributed by atoms with van der Waals surface area (Å²) in [7, 11) is 0. The van der Waals surface area contributed by atoms with Crippen LogP contribution in [0, 0.1) is 0 Å². The quantitative estimate of drug-likeness (QED) is 0.188. The fourth-order valence-electron chi connectivity index (χ4n) is 4.69. The molecule has 0 bridgehead atoms. The topological polar surface area (TPSA) is 0 Å². The van der Waals surface area contributed by atoms with Crippen LogP contribution in [0.15, 0.2) is 169 Å². The lowest BCUT2D eigenvalue weighted by Crippen LogP contribution is -1.93. The first-order valence-corrected chi connectivity index (χ1v) is 12.2. The van der Waals surface area contributed by atoms with Crippen LogP contribution >= 0.6 is 0 Å². The first-order valence-electron chi connectivity index (χ1n) is 26.2. The summed E-state index contributed by atoms with van der Waals surface area (Å²) < 4.78 is 250. The summed E-state index contributed by atoms with van der Waals surface area (Å²) in [4.78, 5) is 0. The van der Waals surface area contributed by atoms with Crippen LogP contribution in [0.4, 0.5) is 0 Å². The minimum atomic E-state index is -1.14. The zero-order valence-corrected chi connectivity index (χ0v) is 21.0. The molecule has 0 heterocycles. The van der Waals surface area contributed by atoms with Crippen LogP contribution in [0.3, 0.4) is 0 Å². The summed E-state index contributed by atoms with van der Waals surface area (Å²) in [5, 5.41) is -4.67. The number of rotatable bonds is 4. The molecule has 0 aromatic heterocycles. The minimum absolute atomic E-state index is 0.607. The van der Waals surface area contributed by atoms with E-state index in [-0.39, 0.29) is 0 Å². The minimum Gasteiger partial charge on any atom is -0.0622 e. The summed E-state index contributed by atoms with van der Waals surface area (Å²) in [5.41, 5.74) is -7.07. The zero-order chi connectivity index (χ0) is 52.2. The summed E-state index contributed by atoms with van der Waals surface area (Å²) in [6.45, 7) is 0. The molecule has 0 spiro atoms. The van der Waals surface area contributed by atoms with Crippen molar-refractivity contribution >= 4 is 32.3 Å². The highest BCUT2D eigenvalue weighted by molar-refractivity contribution is 6.23. The first kappa shape index (κ1) is 9.02. The molecule has 196 valence electrons. The van der Waals surface area contributed by atoms with Gasteiger partial charge in [-0.15, -0.1) is 0 Å². The standard InChI is InChI=1S/C42H28/c1-3-14-30(15-4-1)35-19-9-10-20-36(35)42-38-22-12-11-21-37(38)41(31-16-5-2-6-17-31)39-26-25-34(28-40(39)42)33-24-23-29-13-7-8-18-32(29)27-33/h1-28H/i1D,2D,3D,4D,5D,6D,7D,8D,9D,10D,11D,12D,13D,14D,15D,16D,17D,18D,19D,20D,21D,22D,23D,24D,25D,26D,27D,28D. The van der Waals surface area contributed by atoms with E-state index < -0.39 is 246 Å². The van der Waals surface area contributed by atoms with Gasteiger partial charge in [0.1, 0.15) is 0 Å². The average molecular weight is 561 g/mol. The molecule has 0 fully saturated rings. The van der Waals surface area contributed by atoms with Gasteiger partial charge in [-0.25, -0.2) is 0 Å². The Balaban J connectivity index is 1.84. The number of hydrogen-bond donors (Lipinski definition) is 0. The van der Waals surface area contributed by atoms with E-state index in [4.69, 9.17) is 27.4 Å². The van der Waals surface area contributed by atoms with E-state index in [1.165, 1.54) is 0 Å². The second kappa shape index (κ2) is 10.2. The Labute approximate surface area is 285 Å². The molecule has 0 aliphatic rings. The highest BCUT2D eigenvalue weighted by atomic mass is 14.2. The Morgan fingerprint density at radius 3 is 1.57 bits per heavy atom. The Morgan fingerprint density at radius 1 is 0.286 bits per heavy atom. The van der Waals surface area contributed by atoms with Crippen molar-refractivity contribution in [3.8, 4) is 44.5 Å². The Morgan fingerprint density at radius 2 is 0.810 bits per heavy atom. The third kappa shape index (κ3) is 4.08. The van der Waals surface area contributed by atoms with Gasteiger partial charge in [0.15, 0.2) is 0 Å². The molecule has 8 rings (SSSR count). The van der Waals surface area contributed by atoms with Crippen LogP contribution in [0.1, 0.15) is 38.4 Å². The van der Waals surface area contributed by atoms with Gasteiger partial charge in [-0.1, -0.05) is 157 Å². The van der Waals surface area contributed by atoms with E-state index in [2.05, 4.69) is 0 Å². The van der Waals surface area contributed by atoms with Gasteiger partial charge in [0.25, 0.3) is 0 Å². The largest absolute Gasteiger partial charge is 0.0636 e. The van der Waals surface area contributed by atoms with E-state index in [1.54, 1.807) is 0 Å². The second-order valence-corrected chi connectivity index (χ2v) is 8.75. The van der Waals surface area contributed by atoms with Crippen LogP contribution in [-0.2, 0) is 0 Å². The third-order valence-corrected chi connectivity index (χ3v) is 6.44. The van der Waals surface area contributed by atoms with Crippen LogP contribution < -0.4 is 0 Å². The molecule has 0 radical (unpaired) electrons. The number of fused-ring (bicyclic) bond motifs is 3. The van der Waals surface area contributed by atoms with Crippen molar-refractivity contribution in [3.05, 3.63) is 169 Å². The van der Waals surface area contributed by atoms with Crippen LogP contribution in [0.2, 0.25) is 0 Å². The molecule has 8 aromatic carbocycles. The summed E-state index contributed by atoms with van der Waals surface area (Å²) in [6, 6.07) is -28.3. The lowest BCUT2D eigenvalue weighted by Gasteiger charge is -2.20. The maximum absolute atomic E-state index is 10.1. The normalized spacial score (nSPS) is 20.7. The molecule has 42 heavy (non-hydrogen) atoms. The van der Waals surface area contributed by atoms with Gasteiger partial charge in [0, 0.05) is 0 Å². The van der Waals surface area contributed by atoms with E-state index in [0.717, 1.165) is 0 Å². The first-order chi connectivity index (χ1) is 32.5. The van der Waals surface area contributed by atoms with Gasteiger partial charge < -0.3 is 0 Å². The Bertz CT molecular complexity index is 3740. The van der Waals surface area contributed by atoms with Gasteiger partial charge >= 0.3 is 0 Å². The molecule has 0 unspecified atom stereocenters. The Hall–Kier alpha value is -5.46. The fourth-order valence-corrected chi connectivity index (χ4v) is 4.69. The maximum atomic E-state index is 10.1. The van der Waals surface area contributed by atoms with Crippen molar-refractivity contribution in [2.24, 2.45) is 0 Å². The lowest BCUT2D eigenvalue weighted by atomic mass is 9.83. The van der Waals surface area contributed by atoms with Gasteiger partial charge in [0.2, 0.25) is 0 Å². The van der Waals surface area contributed by atoms with Crippen molar-refractivity contribution in [2.45, 2.75) is 0 Å².